The molecule has 1 aromatic rings. The van der Waals surface area contributed by atoms with Gasteiger partial charge in [-0.25, -0.2) is 0 Å². The van der Waals surface area contributed by atoms with Crippen molar-refractivity contribution in [3.05, 3.63) is 35.4 Å². The monoisotopic (exact) mass is 249 g/mol. The molecule has 0 aromatic heterocycles. The highest BCUT2D eigenvalue weighted by molar-refractivity contribution is 7.80. The fraction of sp³-hybridized carbons (Fsp3) is 0.600. The predicted octanol–water partition coefficient (Wildman–Crippen LogP) is 3.04. The highest BCUT2D eigenvalue weighted by Gasteiger charge is 2.21. The molecule has 0 fully saturated rings. The number of thiol groups is 1. The van der Waals surface area contributed by atoms with Crippen molar-refractivity contribution in [3.8, 4) is 0 Å². The maximum atomic E-state index is 4.45. The highest BCUT2D eigenvalue weighted by atomic mass is 32.1. The van der Waals surface area contributed by atoms with Crippen molar-refractivity contribution in [2.75, 3.05) is 25.4 Å². The average molecular weight is 249 g/mol. The van der Waals surface area contributed by atoms with Crippen LogP contribution in [0.5, 0.6) is 0 Å². The molecular weight excluding hydrogens is 226 g/mol. The third-order valence-electron chi connectivity index (χ3n) is 3.59. The molecule has 1 aliphatic rings. The molecule has 94 valence electrons. The van der Waals surface area contributed by atoms with E-state index >= 15 is 0 Å². The standard InChI is InChI=1S/C15H23NS/c1-15(2,12-17)11-16-9-7-13-5-3-4-6-14(13)8-10-16/h3-6,17H,7-12H2,1-2H3. The van der Waals surface area contributed by atoms with Crippen molar-refractivity contribution < 1.29 is 0 Å². The maximum Gasteiger partial charge on any atom is 0.00407 e. The van der Waals surface area contributed by atoms with E-state index < -0.39 is 0 Å². The van der Waals surface area contributed by atoms with Gasteiger partial charge in [-0.2, -0.15) is 12.6 Å². The lowest BCUT2D eigenvalue weighted by atomic mass is 9.95. The summed E-state index contributed by atoms with van der Waals surface area (Å²) < 4.78 is 0. The summed E-state index contributed by atoms with van der Waals surface area (Å²) in [7, 11) is 0. The molecule has 0 spiro atoms. The summed E-state index contributed by atoms with van der Waals surface area (Å²) in [5.41, 5.74) is 3.40. The van der Waals surface area contributed by atoms with Crippen LogP contribution < -0.4 is 0 Å². The topological polar surface area (TPSA) is 3.24 Å². The Balaban J connectivity index is 2.00. The second-order valence-corrected chi connectivity index (χ2v) is 6.18. The number of fused-ring (bicyclic) bond motifs is 1. The quantitative estimate of drug-likeness (QED) is 0.806. The summed E-state index contributed by atoms with van der Waals surface area (Å²) in [6.07, 6.45) is 2.39. The molecule has 0 atom stereocenters. The first kappa shape index (κ1) is 13.0. The van der Waals surface area contributed by atoms with Gasteiger partial charge in [0, 0.05) is 19.6 Å². The van der Waals surface area contributed by atoms with E-state index in [1.54, 1.807) is 11.1 Å². The van der Waals surface area contributed by atoms with E-state index in [0.29, 0.717) is 5.41 Å². The van der Waals surface area contributed by atoms with Crippen LogP contribution in [0.25, 0.3) is 0 Å². The molecule has 1 heterocycles. The third-order valence-corrected chi connectivity index (χ3v) is 4.45. The SMILES string of the molecule is CC(C)(CS)CN1CCc2ccccc2CC1. The van der Waals surface area contributed by atoms with Gasteiger partial charge in [-0.05, 0) is 35.1 Å². The van der Waals surface area contributed by atoms with Gasteiger partial charge < -0.3 is 4.90 Å². The largest absolute Gasteiger partial charge is 0.302 e. The Kier molecular flexibility index (Phi) is 4.16. The van der Waals surface area contributed by atoms with Crippen molar-refractivity contribution in [2.45, 2.75) is 26.7 Å². The van der Waals surface area contributed by atoms with Gasteiger partial charge in [0.05, 0.1) is 0 Å². The first-order valence-corrected chi connectivity index (χ1v) is 7.14. The number of hydrogen-bond donors (Lipinski definition) is 1. The Morgan fingerprint density at radius 1 is 1.12 bits per heavy atom. The van der Waals surface area contributed by atoms with E-state index in [0.717, 1.165) is 12.3 Å². The number of hydrogen-bond acceptors (Lipinski definition) is 2. The van der Waals surface area contributed by atoms with E-state index in [-0.39, 0.29) is 0 Å². The van der Waals surface area contributed by atoms with Crippen LogP contribution in [-0.4, -0.2) is 30.3 Å². The molecule has 0 saturated carbocycles. The van der Waals surface area contributed by atoms with Crippen LogP contribution in [0.2, 0.25) is 0 Å². The average Bonchev–Trinajstić information content (AvgIpc) is 2.52. The highest BCUT2D eigenvalue weighted by Crippen LogP contribution is 2.21. The minimum absolute atomic E-state index is 0.319. The van der Waals surface area contributed by atoms with Gasteiger partial charge in [0.2, 0.25) is 0 Å². The van der Waals surface area contributed by atoms with Gasteiger partial charge in [0.1, 0.15) is 0 Å². The van der Waals surface area contributed by atoms with Crippen molar-refractivity contribution >= 4 is 12.6 Å². The van der Waals surface area contributed by atoms with Crippen LogP contribution in [0, 0.1) is 5.41 Å². The Labute approximate surface area is 111 Å². The molecule has 0 amide bonds. The number of benzene rings is 1. The van der Waals surface area contributed by atoms with Crippen LogP contribution in [0.3, 0.4) is 0 Å². The minimum Gasteiger partial charge on any atom is -0.302 e. The van der Waals surface area contributed by atoms with Crippen molar-refractivity contribution in [1.82, 2.24) is 4.90 Å². The molecule has 1 aliphatic heterocycles. The molecule has 2 rings (SSSR count). The lowest BCUT2D eigenvalue weighted by Gasteiger charge is -2.30. The van der Waals surface area contributed by atoms with Crippen LogP contribution in [-0.2, 0) is 12.8 Å². The molecule has 1 aromatic carbocycles. The summed E-state index contributed by atoms with van der Waals surface area (Å²) >= 11 is 4.45. The normalized spacial score (nSPS) is 17.6. The Bertz CT molecular complexity index is 346. The minimum atomic E-state index is 0.319. The Morgan fingerprint density at radius 2 is 1.65 bits per heavy atom. The first-order valence-electron chi connectivity index (χ1n) is 6.51. The molecule has 0 N–H and O–H groups in total. The van der Waals surface area contributed by atoms with Crippen molar-refractivity contribution in [3.63, 3.8) is 0 Å². The van der Waals surface area contributed by atoms with Crippen LogP contribution in [0.15, 0.2) is 24.3 Å². The van der Waals surface area contributed by atoms with Gasteiger partial charge in [0.15, 0.2) is 0 Å². The first-order chi connectivity index (χ1) is 8.11. The maximum absolute atomic E-state index is 4.45. The number of rotatable bonds is 3. The Morgan fingerprint density at radius 3 is 2.12 bits per heavy atom. The molecule has 0 radical (unpaired) electrons. The molecule has 2 heteroatoms. The van der Waals surface area contributed by atoms with E-state index in [9.17, 15) is 0 Å². The molecule has 17 heavy (non-hydrogen) atoms. The molecule has 0 aliphatic carbocycles. The van der Waals surface area contributed by atoms with Gasteiger partial charge in [-0.15, -0.1) is 0 Å². The van der Waals surface area contributed by atoms with Crippen LogP contribution in [0.4, 0.5) is 0 Å². The third kappa shape index (κ3) is 3.49. The summed E-state index contributed by atoms with van der Waals surface area (Å²) in [6, 6.07) is 8.88. The molecule has 0 saturated heterocycles. The second kappa shape index (κ2) is 5.45. The van der Waals surface area contributed by atoms with E-state index in [4.69, 9.17) is 0 Å². The predicted molar refractivity (Wildman–Crippen MR) is 77.9 cm³/mol. The molecule has 0 bridgehead atoms. The van der Waals surface area contributed by atoms with Gasteiger partial charge in [-0.1, -0.05) is 38.1 Å². The summed E-state index contributed by atoms with van der Waals surface area (Å²) in [5.74, 6) is 0.955. The number of nitrogens with zero attached hydrogens (tertiary/aromatic N) is 1. The van der Waals surface area contributed by atoms with Crippen LogP contribution >= 0.6 is 12.6 Å². The van der Waals surface area contributed by atoms with E-state index in [1.165, 1.54) is 25.9 Å². The lowest BCUT2D eigenvalue weighted by molar-refractivity contribution is 0.202. The molecule has 0 unspecified atom stereocenters. The van der Waals surface area contributed by atoms with E-state index in [1.807, 2.05) is 0 Å². The van der Waals surface area contributed by atoms with E-state index in [2.05, 4.69) is 55.6 Å². The smallest absolute Gasteiger partial charge is 0.00407 e. The lowest BCUT2D eigenvalue weighted by Crippen LogP contribution is -2.37. The van der Waals surface area contributed by atoms with Crippen molar-refractivity contribution in [2.24, 2.45) is 5.41 Å². The second-order valence-electron chi connectivity index (χ2n) is 5.87. The van der Waals surface area contributed by atoms with Gasteiger partial charge in [-0.3, -0.25) is 0 Å². The van der Waals surface area contributed by atoms with Crippen LogP contribution in [0.1, 0.15) is 25.0 Å². The summed E-state index contributed by atoms with van der Waals surface area (Å²) in [6.45, 7) is 8.14. The zero-order chi connectivity index (χ0) is 12.3. The Hall–Kier alpha value is -0.470. The van der Waals surface area contributed by atoms with Gasteiger partial charge in [0.25, 0.3) is 0 Å². The van der Waals surface area contributed by atoms with Gasteiger partial charge >= 0.3 is 0 Å². The summed E-state index contributed by atoms with van der Waals surface area (Å²) in [5, 5.41) is 0. The fourth-order valence-corrected chi connectivity index (χ4v) is 2.63. The zero-order valence-electron chi connectivity index (χ0n) is 10.9. The summed E-state index contributed by atoms with van der Waals surface area (Å²) in [4.78, 5) is 2.59. The fourth-order valence-electron chi connectivity index (χ4n) is 2.53. The molecule has 1 nitrogen and oxygen atoms in total. The van der Waals surface area contributed by atoms with Crippen molar-refractivity contribution in [1.29, 1.82) is 0 Å². The zero-order valence-corrected chi connectivity index (χ0v) is 11.8. The molecular formula is C15H23NS.